The Bertz CT molecular complexity index is 594. The van der Waals surface area contributed by atoms with Gasteiger partial charge in [0, 0.05) is 26.7 Å². The van der Waals surface area contributed by atoms with Gasteiger partial charge in [0.2, 0.25) is 5.91 Å². The Hall–Kier alpha value is -0.930. The Labute approximate surface area is 186 Å². The van der Waals surface area contributed by atoms with Crippen LogP contribution >= 0.6 is 0 Å². The van der Waals surface area contributed by atoms with Crippen molar-refractivity contribution in [2.45, 2.75) is 87.4 Å². The number of carbonyl (C=O) groups is 1. The summed E-state index contributed by atoms with van der Waals surface area (Å²) in [5.74, 6) is -0.171. The Morgan fingerprint density at radius 3 is 2.41 bits per heavy atom. The second-order valence-corrected chi connectivity index (χ2v) is 8.34. The number of aliphatic hydroxyl groups excluding tert-OH is 5. The predicted molar refractivity (Wildman–Crippen MR) is 106 cm³/mol. The first-order valence-corrected chi connectivity index (χ1v) is 11.1. The topological polar surface area (TPSA) is 176 Å². The Morgan fingerprint density at radius 2 is 1.72 bits per heavy atom. The molecule has 2 unspecified atom stereocenters. The molecule has 10 atom stereocenters. The van der Waals surface area contributed by atoms with E-state index < -0.39 is 74.4 Å². The lowest BCUT2D eigenvalue weighted by Gasteiger charge is -2.47. The van der Waals surface area contributed by atoms with E-state index >= 15 is 0 Å². The van der Waals surface area contributed by atoms with Gasteiger partial charge in [-0.1, -0.05) is 0 Å². The van der Waals surface area contributed by atoms with Crippen LogP contribution in [-0.2, 0) is 28.5 Å². The van der Waals surface area contributed by atoms with Gasteiger partial charge in [-0.2, -0.15) is 0 Å². The first kappa shape index (κ1) is 25.7. The number of ether oxygens (including phenoxy) is 5. The third-order valence-corrected chi connectivity index (χ3v) is 6.00. The van der Waals surface area contributed by atoms with Crippen molar-refractivity contribution in [3.63, 3.8) is 0 Å². The van der Waals surface area contributed by atoms with E-state index in [1.54, 1.807) is 0 Å². The lowest BCUT2D eigenvalue weighted by molar-refractivity contribution is -0.348. The zero-order chi connectivity index (χ0) is 23.3. The van der Waals surface area contributed by atoms with Crippen molar-refractivity contribution in [2.75, 3.05) is 33.0 Å². The molecule has 6 aliphatic rings. The van der Waals surface area contributed by atoms with Crippen LogP contribution in [0.4, 0.5) is 0 Å². The molecule has 0 spiro atoms. The van der Waals surface area contributed by atoms with Crippen molar-refractivity contribution >= 4 is 5.91 Å². The minimum Gasteiger partial charge on any atom is -0.394 e. The van der Waals surface area contributed by atoms with Crippen LogP contribution in [0.5, 0.6) is 0 Å². The van der Waals surface area contributed by atoms with Crippen molar-refractivity contribution in [2.24, 2.45) is 0 Å². The molecule has 1 amide bonds. The minimum atomic E-state index is -1.38. The summed E-state index contributed by atoms with van der Waals surface area (Å²) in [4.78, 5) is 11.0. The summed E-state index contributed by atoms with van der Waals surface area (Å²) in [7, 11) is 0. The van der Waals surface area contributed by atoms with Gasteiger partial charge in [0.25, 0.3) is 0 Å². The summed E-state index contributed by atoms with van der Waals surface area (Å²) in [5, 5.41) is 54.4. The molecule has 6 saturated heterocycles. The van der Waals surface area contributed by atoms with Gasteiger partial charge in [0.05, 0.1) is 19.3 Å². The maximum Gasteiger partial charge on any atom is 0.216 e. The zero-order valence-electron chi connectivity index (χ0n) is 18.1. The molecule has 4 bridgehead atoms. The van der Waals surface area contributed by atoms with E-state index in [2.05, 4.69) is 5.32 Å². The van der Waals surface area contributed by atoms with Crippen molar-refractivity contribution in [3.05, 3.63) is 0 Å². The number of rotatable bonds is 7. The van der Waals surface area contributed by atoms with E-state index in [0.717, 1.165) is 0 Å². The van der Waals surface area contributed by atoms with Crippen LogP contribution in [0.1, 0.15) is 26.2 Å². The highest BCUT2D eigenvalue weighted by Crippen LogP contribution is 2.33. The van der Waals surface area contributed by atoms with Gasteiger partial charge in [-0.3, -0.25) is 4.79 Å². The van der Waals surface area contributed by atoms with Gasteiger partial charge >= 0.3 is 0 Å². The molecule has 6 rings (SSSR count). The molecule has 0 aromatic rings. The molecule has 6 fully saturated rings. The van der Waals surface area contributed by atoms with Crippen LogP contribution in [0.3, 0.4) is 0 Å². The third kappa shape index (κ3) is 5.95. The van der Waals surface area contributed by atoms with E-state index in [4.69, 9.17) is 23.7 Å². The molecule has 186 valence electrons. The van der Waals surface area contributed by atoms with Crippen molar-refractivity contribution < 1.29 is 54.0 Å². The van der Waals surface area contributed by atoms with Gasteiger partial charge in [-0.15, -0.1) is 0 Å². The second-order valence-electron chi connectivity index (χ2n) is 8.34. The molecule has 6 aliphatic heterocycles. The quantitative estimate of drug-likeness (QED) is 0.212. The number of aliphatic hydroxyl groups is 5. The molecule has 12 nitrogen and oxygen atoms in total. The molecule has 0 aliphatic carbocycles. The highest BCUT2D eigenvalue weighted by Gasteiger charge is 2.52. The van der Waals surface area contributed by atoms with Crippen LogP contribution < -0.4 is 5.32 Å². The smallest absolute Gasteiger partial charge is 0.216 e. The fourth-order valence-corrected chi connectivity index (χ4v) is 4.32. The highest BCUT2D eigenvalue weighted by molar-refractivity contribution is 5.72. The Morgan fingerprint density at radius 1 is 1.00 bits per heavy atom. The van der Waals surface area contributed by atoms with Crippen molar-refractivity contribution in [1.82, 2.24) is 5.32 Å². The Kier molecular flexibility index (Phi) is 9.61. The first-order chi connectivity index (χ1) is 15.4. The summed E-state index contributed by atoms with van der Waals surface area (Å²) in [6, 6.07) is 0. The van der Waals surface area contributed by atoms with Gasteiger partial charge in [0.1, 0.15) is 48.8 Å². The maximum atomic E-state index is 11.0. The van der Waals surface area contributed by atoms with Gasteiger partial charge in [0.15, 0.2) is 6.29 Å². The summed E-state index contributed by atoms with van der Waals surface area (Å²) in [6.45, 7) is 1.19. The molecule has 32 heavy (non-hydrogen) atoms. The Balaban J connectivity index is 1.80. The zero-order valence-corrected chi connectivity index (χ0v) is 18.1. The lowest BCUT2D eigenvalue weighted by Crippen LogP contribution is -2.65. The van der Waals surface area contributed by atoms with Crippen LogP contribution in [0.2, 0.25) is 0 Å². The van der Waals surface area contributed by atoms with E-state index in [9.17, 15) is 30.3 Å². The molecular formula is C20H35NO11. The van der Waals surface area contributed by atoms with Crippen LogP contribution in [0.25, 0.3) is 0 Å². The van der Waals surface area contributed by atoms with Crippen LogP contribution in [0, 0.1) is 0 Å². The predicted octanol–water partition coefficient (Wildman–Crippen LogP) is -2.98. The number of amides is 1. The molecular weight excluding hydrogens is 430 g/mol. The standard InChI is InChI=1S/C20H35NO11/c1-10(24)21-5-3-7-29-19-16(27)17-12(8-22)31-20(19)32-18-13(9-23)30-11(4-2-6-28-17)14(25)15(18)26/h11-20,22-23,25-27H,2-9H2,1H3,(H,21,24)/t11-,12-,13-,14+,15-,16+,17?,18-,19-,20?/m1/s1. The van der Waals surface area contributed by atoms with Gasteiger partial charge in [-0.25, -0.2) is 0 Å². The first-order valence-electron chi connectivity index (χ1n) is 11.1. The highest BCUT2D eigenvalue weighted by atomic mass is 16.7. The number of nitrogens with one attached hydrogen (secondary N) is 1. The van der Waals surface area contributed by atoms with Crippen LogP contribution in [0.15, 0.2) is 0 Å². The largest absolute Gasteiger partial charge is 0.394 e. The SMILES string of the molecule is CC(=O)NCCCO[C@H]1C2O[C@H]3[C@H](O)[C@@H](O)[C@@H](CCCOC([C@@H](CO)O2)[C@@H]1O)O[C@@H]3CO. The summed E-state index contributed by atoms with van der Waals surface area (Å²) >= 11 is 0. The second kappa shape index (κ2) is 12.0. The number of hydrogen-bond acceptors (Lipinski definition) is 11. The fourth-order valence-electron chi connectivity index (χ4n) is 4.32. The average molecular weight is 465 g/mol. The monoisotopic (exact) mass is 465 g/mol. The molecule has 0 aromatic carbocycles. The van der Waals surface area contributed by atoms with Crippen molar-refractivity contribution in [3.8, 4) is 0 Å². The van der Waals surface area contributed by atoms with Gasteiger partial charge < -0.3 is 54.5 Å². The van der Waals surface area contributed by atoms with Crippen LogP contribution in [-0.4, -0.2) is 126 Å². The summed E-state index contributed by atoms with van der Waals surface area (Å²) in [5.41, 5.74) is 0. The maximum absolute atomic E-state index is 11.0. The van der Waals surface area contributed by atoms with Gasteiger partial charge in [-0.05, 0) is 19.3 Å². The molecule has 0 radical (unpaired) electrons. The molecule has 6 N–H and O–H groups in total. The van der Waals surface area contributed by atoms with E-state index in [1.807, 2.05) is 0 Å². The molecule has 12 heteroatoms. The lowest BCUT2D eigenvalue weighted by atomic mass is 9.92. The van der Waals surface area contributed by atoms with E-state index in [0.29, 0.717) is 25.8 Å². The average Bonchev–Trinajstić information content (AvgIpc) is 2.79. The third-order valence-electron chi connectivity index (χ3n) is 6.00. The normalized spacial score (nSPS) is 42.7. The summed E-state index contributed by atoms with van der Waals surface area (Å²) in [6.07, 6.45) is -9.53. The molecule has 0 aromatic heterocycles. The minimum absolute atomic E-state index is 0.152. The molecule has 0 saturated carbocycles. The van der Waals surface area contributed by atoms with E-state index in [-0.39, 0.29) is 19.1 Å². The fraction of sp³-hybridized carbons (Fsp3) is 0.950. The van der Waals surface area contributed by atoms with Crippen molar-refractivity contribution in [1.29, 1.82) is 0 Å². The van der Waals surface area contributed by atoms with E-state index in [1.165, 1.54) is 6.92 Å². The number of carbonyl (C=O) groups excluding carboxylic acids is 1. The summed E-state index contributed by atoms with van der Waals surface area (Å²) < 4.78 is 29.1. The number of hydrogen-bond donors (Lipinski definition) is 6. The molecule has 6 heterocycles.